The highest BCUT2D eigenvalue weighted by molar-refractivity contribution is 7.82. The Morgan fingerprint density at radius 2 is 2.06 bits per heavy atom. The van der Waals surface area contributed by atoms with Crippen LogP contribution in [0.15, 0.2) is 29.8 Å². The summed E-state index contributed by atoms with van der Waals surface area (Å²) >= 11 is 0. The van der Waals surface area contributed by atoms with E-state index in [9.17, 15) is 18.6 Å². The van der Waals surface area contributed by atoms with E-state index in [0.717, 1.165) is 29.5 Å². The standard InChI is InChI=1S/C22H24N4O4S/c1-22(20(28)23-21(29)24-22)14-31(30)26-11-7-16(8-12-26)5-6-17-3-2-4-18-13-25(15-27)10-9-19(17)18/h2-4,7,15H,8-14H2,1H3,(H2,23,24,28,29)/p+1/t22-,31?/m1/s1. The average Bonchev–Trinajstić information content (AvgIpc) is 3.02. The Hall–Kier alpha value is -2.96. The first-order chi connectivity index (χ1) is 14.9. The quantitative estimate of drug-likeness (QED) is 0.232. The van der Waals surface area contributed by atoms with Gasteiger partial charge < -0.3 is 10.2 Å². The Labute approximate surface area is 183 Å². The summed E-state index contributed by atoms with van der Waals surface area (Å²) in [5, 5.41) is 4.75. The molecule has 1 fully saturated rings. The largest absolute Gasteiger partial charge is 0.341 e. The van der Waals surface area contributed by atoms with Gasteiger partial charge in [-0.25, -0.2) is 4.79 Å². The van der Waals surface area contributed by atoms with Crippen LogP contribution in [0.4, 0.5) is 4.79 Å². The van der Waals surface area contributed by atoms with Crippen LogP contribution in [0.1, 0.15) is 30.0 Å². The Kier molecular flexibility index (Phi) is 5.94. The zero-order chi connectivity index (χ0) is 22.0. The molecule has 0 bridgehead atoms. The molecule has 1 unspecified atom stereocenters. The molecule has 0 saturated carbocycles. The van der Waals surface area contributed by atoms with Gasteiger partial charge in [0.2, 0.25) is 6.41 Å². The Balaban J connectivity index is 1.40. The number of rotatable bonds is 4. The fourth-order valence-corrected chi connectivity index (χ4v) is 5.57. The molecule has 8 nitrogen and oxygen atoms in total. The lowest BCUT2D eigenvalue weighted by molar-refractivity contribution is -0.122. The van der Waals surface area contributed by atoms with Crippen molar-refractivity contribution in [2.24, 2.45) is 0 Å². The van der Waals surface area contributed by atoms with Crippen molar-refractivity contribution in [3.63, 3.8) is 0 Å². The monoisotopic (exact) mass is 441 g/mol. The van der Waals surface area contributed by atoms with Crippen LogP contribution in [0.2, 0.25) is 0 Å². The zero-order valence-corrected chi connectivity index (χ0v) is 18.2. The first-order valence-electron chi connectivity index (χ1n) is 10.2. The second-order valence-electron chi connectivity index (χ2n) is 8.16. The number of amides is 4. The fourth-order valence-electron chi connectivity index (χ4n) is 4.02. The summed E-state index contributed by atoms with van der Waals surface area (Å²) in [5.74, 6) is 6.16. The minimum atomic E-state index is -1.81. The van der Waals surface area contributed by atoms with E-state index in [1.165, 1.54) is 5.56 Å². The molecule has 3 aliphatic rings. The average molecular weight is 442 g/mol. The van der Waals surface area contributed by atoms with Crippen LogP contribution in [0, 0.1) is 11.8 Å². The van der Waals surface area contributed by atoms with Crippen LogP contribution in [-0.4, -0.2) is 58.5 Å². The number of carbonyl (C=O) groups excluding carboxylic acids is 3. The maximum atomic E-state index is 12.8. The van der Waals surface area contributed by atoms with E-state index in [0.29, 0.717) is 32.6 Å². The third-order valence-electron chi connectivity index (χ3n) is 5.87. The summed E-state index contributed by atoms with van der Waals surface area (Å²) < 4.78 is 14.6. The molecule has 162 valence electrons. The van der Waals surface area contributed by atoms with Crippen LogP contribution in [0.25, 0.3) is 0 Å². The van der Waals surface area contributed by atoms with Crippen LogP contribution in [-0.2, 0) is 37.7 Å². The summed E-state index contributed by atoms with van der Waals surface area (Å²) in [4.78, 5) is 36.1. The molecular formula is C22H25N4O4S+. The molecule has 3 aliphatic heterocycles. The molecule has 4 amide bonds. The number of hydrogen-bond donors (Lipinski definition) is 2. The van der Waals surface area contributed by atoms with Crippen molar-refractivity contribution in [3.05, 3.63) is 46.5 Å². The molecular weight excluding hydrogens is 416 g/mol. The molecule has 0 radical (unpaired) electrons. The van der Waals surface area contributed by atoms with Gasteiger partial charge in [-0.1, -0.05) is 34.3 Å². The van der Waals surface area contributed by atoms with Crippen LogP contribution >= 0.6 is 0 Å². The molecule has 1 saturated heterocycles. The van der Waals surface area contributed by atoms with Crippen LogP contribution in [0.5, 0.6) is 0 Å². The van der Waals surface area contributed by atoms with E-state index in [1.54, 1.807) is 11.8 Å². The topological polar surface area (TPSA) is 98.8 Å². The van der Waals surface area contributed by atoms with Gasteiger partial charge in [0.1, 0.15) is 11.0 Å². The minimum Gasteiger partial charge on any atom is -0.341 e. The lowest BCUT2D eigenvalue weighted by Gasteiger charge is -2.26. The number of nitrogens with one attached hydrogen (secondary N) is 2. The third-order valence-corrected chi connectivity index (χ3v) is 7.77. The molecule has 2 atom stereocenters. The predicted molar refractivity (Wildman–Crippen MR) is 117 cm³/mol. The predicted octanol–water partition coefficient (Wildman–Crippen LogP) is 0.394. The number of nitrogens with zero attached hydrogens (tertiary/aromatic N) is 2. The minimum absolute atomic E-state index is 0.0721. The van der Waals surface area contributed by atoms with E-state index in [1.807, 2.05) is 28.6 Å². The van der Waals surface area contributed by atoms with E-state index in [4.69, 9.17) is 0 Å². The van der Waals surface area contributed by atoms with Crippen molar-refractivity contribution in [3.8, 4) is 11.8 Å². The molecule has 4 rings (SSSR count). The second-order valence-corrected chi connectivity index (χ2v) is 9.75. The molecule has 0 aliphatic carbocycles. The van der Waals surface area contributed by atoms with Crippen molar-refractivity contribution < 1.29 is 18.6 Å². The summed E-state index contributed by atoms with van der Waals surface area (Å²) in [6.07, 6.45) is 4.34. The van der Waals surface area contributed by atoms with Gasteiger partial charge >= 0.3 is 6.03 Å². The van der Waals surface area contributed by atoms with Gasteiger partial charge in [-0.15, -0.1) is 4.31 Å². The number of carbonyl (C=O) groups is 3. The van der Waals surface area contributed by atoms with Crippen LogP contribution < -0.4 is 10.6 Å². The van der Waals surface area contributed by atoms with Gasteiger partial charge in [-0.2, -0.15) is 0 Å². The summed E-state index contributed by atoms with van der Waals surface area (Å²) in [7, 11) is -1.81. The van der Waals surface area contributed by atoms with Gasteiger partial charge in [-0.3, -0.25) is 14.9 Å². The van der Waals surface area contributed by atoms with Gasteiger partial charge in [0.15, 0.2) is 11.3 Å². The van der Waals surface area contributed by atoms with Gasteiger partial charge in [0, 0.05) is 30.8 Å². The van der Waals surface area contributed by atoms with Gasteiger partial charge in [-0.05, 0) is 37.0 Å². The third kappa shape index (κ3) is 4.55. The van der Waals surface area contributed by atoms with E-state index < -0.39 is 28.5 Å². The molecule has 0 aromatic heterocycles. The van der Waals surface area contributed by atoms with Crippen molar-refractivity contribution in [1.29, 1.82) is 0 Å². The highest BCUT2D eigenvalue weighted by atomic mass is 32.2. The molecule has 31 heavy (non-hydrogen) atoms. The first kappa shape index (κ1) is 21.3. The SMILES string of the molecule is C[C@]1(C[SH+](=O)N2CC=C(C#Cc3cccc4c3CCN(C=O)C4)CC2)NC(=O)NC1=O. The van der Waals surface area contributed by atoms with Crippen molar-refractivity contribution in [1.82, 2.24) is 19.8 Å². The van der Waals surface area contributed by atoms with Crippen molar-refractivity contribution in [2.75, 3.05) is 25.4 Å². The van der Waals surface area contributed by atoms with Gasteiger partial charge in [0.05, 0.1) is 6.54 Å². The van der Waals surface area contributed by atoms with E-state index >= 15 is 0 Å². The number of imide groups is 1. The highest BCUT2D eigenvalue weighted by Crippen LogP contribution is 2.22. The number of hydrogen-bond acceptors (Lipinski definition) is 4. The molecule has 9 heteroatoms. The van der Waals surface area contributed by atoms with E-state index in [2.05, 4.69) is 22.5 Å². The smallest absolute Gasteiger partial charge is 0.322 e. The summed E-state index contributed by atoms with van der Waals surface area (Å²) in [5.41, 5.74) is 3.20. The Morgan fingerprint density at radius 3 is 2.74 bits per heavy atom. The summed E-state index contributed by atoms with van der Waals surface area (Å²) in [6.45, 7) is 3.99. The Morgan fingerprint density at radius 1 is 1.23 bits per heavy atom. The highest BCUT2D eigenvalue weighted by Gasteiger charge is 2.46. The Bertz CT molecular complexity index is 1060. The van der Waals surface area contributed by atoms with Crippen LogP contribution in [0.3, 0.4) is 0 Å². The number of fused-ring (bicyclic) bond motifs is 1. The van der Waals surface area contributed by atoms with Crippen molar-refractivity contribution >= 4 is 29.3 Å². The van der Waals surface area contributed by atoms with E-state index in [-0.39, 0.29) is 5.75 Å². The van der Waals surface area contributed by atoms with Crippen molar-refractivity contribution in [2.45, 2.75) is 31.8 Å². The fraction of sp³-hybridized carbons (Fsp3) is 0.409. The normalized spacial score (nSPS) is 24.3. The summed E-state index contributed by atoms with van der Waals surface area (Å²) in [6, 6.07) is 5.47. The zero-order valence-electron chi connectivity index (χ0n) is 17.3. The number of thiol groups is 1. The lowest BCUT2D eigenvalue weighted by Crippen LogP contribution is -2.50. The lowest BCUT2D eigenvalue weighted by atomic mass is 9.94. The number of urea groups is 1. The molecule has 2 N–H and O–H groups in total. The first-order valence-corrected chi connectivity index (χ1v) is 11.6. The van der Waals surface area contributed by atoms with Gasteiger partial charge in [0.25, 0.3) is 5.91 Å². The molecule has 0 spiro atoms. The molecule has 1 aromatic rings. The molecule has 1 aromatic carbocycles. The maximum absolute atomic E-state index is 12.8. The maximum Gasteiger partial charge on any atom is 0.322 e. The molecule has 3 heterocycles. The second kappa shape index (κ2) is 8.65. The number of benzene rings is 1.